The predicted molar refractivity (Wildman–Crippen MR) is 50.2 cm³/mol. The van der Waals surface area contributed by atoms with Crippen molar-refractivity contribution in [2.75, 3.05) is 0 Å². The van der Waals surface area contributed by atoms with Crippen molar-refractivity contribution in [1.29, 1.82) is 5.26 Å². The van der Waals surface area contributed by atoms with Crippen molar-refractivity contribution >= 4 is 17.3 Å². The van der Waals surface area contributed by atoms with E-state index in [1.165, 1.54) is 0 Å². The Morgan fingerprint density at radius 2 is 2.31 bits per heavy atom. The van der Waals surface area contributed by atoms with Crippen LogP contribution >= 0.6 is 11.6 Å². The molecule has 0 amide bonds. The molecule has 0 bridgehead atoms. The van der Waals surface area contributed by atoms with E-state index in [0.29, 0.717) is 6.07 Å². The second-order valence-corrected chi connectivity index (χ2v) is 3.09. The number of halogens is 3. The predicted octanol–water partition coefficient (Wildman–Crippen LogP) is 2.65. The molecule has 0 aliphatic carbocycles. The number of nitro groups is 1. The fourth-order valence-corrected chi connectivity index (χ4v) is 1.32. The van der Waals surface area contributed by atoms with Crippen LogP contribution in [0.4, 0.5) is 14.5 Å². The van der Waals surface area contributed by atoms with E-state index < -0.39 is 27.9 Å². The highest BCUT2D eigenvalue weighted by Crippen LogP contribution is 2.29. The van der Waals surface area contributed by atoms with E-state index in [9.17, 15) is 18.9 Å². The first-order valence-electron chi connectivity index (χ1n) is 3.96. The largest absolute Gasteiger partial charge is 0.280 e. The second-order valence-electron chi connectivity index (χ2n) is 2.73. The van der Waals surface area contributed by atoms with Crippen LogP contribution in [0.25, 0.3) is 0 Å². The molecule has 84 valence electrons. The number of nitriles is 1. The summed E-state index contributed by atoms with van der Waals surface area (Å²) in [6.45, 7) is 0. The van der Waals surface area contributed by atoms with E-state index in [1.807, 2.05) is 0 Å². The summed E-state index contributed by atoms with van der Waals surface area (Å²) in [5.41, 5.74) is -1.55. The average molecular weight is 248 g/mol. The molecule has 1 rings (SSSR count). The summed E-state index contributed by atoms with van der Waals surface area (Å²) in [5, 5.41) is 18.6. The molecule has 0 spiro atoms. The van der Waals surface area contributed by atoms with E-state index >= 15 is 0 Å². The van der Waals surface area contributed by atoms with Crippen LogP contribution in [0.1, 0.15) is 17.7 Å². The van der Waals surface area contributed by atoms with E-state index in [-0.39, 0.29) is 12.0 Å². The van der Waals surface area contributed by atoms with Gasteiger partial charge in [-0.2, -0.15) is 5.26 Å². The van der Waals surface area contributed by atoms with Crippen molar-refractivity contribution in [3.8, 4) is 6.07 Å². The minimum Gasteiger partial charge on any atom is -0.258 e. The van der Waals surface area contributed by atoms with Gasteiger partial charge in [0.2, 0.25) is 0 Å². The lowest BCUT2D eigenvalue weighted by Gasteiger charge is -2.04. The third kappa shape index (κ3) is 2.41. The summed E-state index contributed by atoms with van der Waals surface area (Å²) in [6, 6.07) is 2.28. The summed E-state index contributed by atoms with van der Waals surface area (Å²) >= 11 is 5.50. The fraction of sp³-hybridized carbons (Fsp3) is 0.250. The Kier molecular flexibility index (Phi) is 3.68. The zero-order chi connectivity index (χ0) is 12.3. The number of hydrogen-bond donors (Lipinski definition) is 0. The second kappa shape index (κ2) is 4.81. The van der Waals surface area contributed by atoms with E-state index in [1.54, 1.807) is 6.07 Å². The number of rotatable bonds is 3. The summed E-state index contributed by atoms with van der Waals surface area (Å²) < 4.78 is 24.6. The van der Waals surface area contributed by atoms with Crippen molar-refractivity contribution in [2.24, 2.45) is 0 Å². The van der Waals surface area contributed by atoms with Gasteiger partial charge in [-0.3, -0.25) is 10.1 Å². The number of nitrogens with zero attached hydrogens (tertiary/aromatic N) is 3. The van der Waals surface area contributed by atoms with Gasteiger partial charge in [-0.1, -0.05) is 11.6 Å². The Balaban J connectivity index is 3.40. The molecule has 0 saturated heterocycles. The summed E-state index contributed by atoms with van der Waals surface area (Å²) in [6.07, 6.45) is -3.31. The molecular formula is C8H4ClF2N3O2. The van der Waals surface area contributed by atoms with Gasteiger partial charge in [0.1, 0.15) is 10.8 Å². The Bertz CT molecular complexity index is 473. The standard InChI is InChI=1S/C8H4ClF2N3O2/c9-7-4(1-2-12)6(14(15)16)3-5(13-7)8(10)11/h3,8H,1H2. The molecule has 5 nitrogen and oxygen atoms in total. The molecule has 0 saturated carbocycles. The van der Waals surface area contributed by atoms with Gasteiger partial charge >= 0.3 is 0 Å². The van der Waals surface area contributed by atoms with Crippen LogP contribution in [0.3, 0.4) is 0 Å². The van der Waals surface area contributed by atoms with Gasteiger partial charge in [0.15, 0.2) is 0 Å². The lowest BCUT2D eigenvalue weighted by molar-refractivity contribution is -0.385. The van der Waals surface area contributed by atoms with Crippen LogP contribution in [0, 0.1) is 21.4 Å². The van der Waals surface area contributed by atoms with Crippen molar-refractivity contribution in [3.05, 3.63) is 32.6 Å². The molecule has 0 aliphatic heterocycles. The topological polar surface area (TPSA) is 79.8 Å². The molecule has 0 unspecified atom stereocenters. The smallest absolute Gasteiger partial charge is 0.258 e. The van der Waals surface area contributed by atoms with Gasteiger partial charge in [0.05, 0.1) is 23.0 Å². The lowest BCUT2D eigenvalue weighted by Crippen LogP contribution is -2.01. The molecule has 0 N–H and O–H groups in total. The minimum absolute atomic E-state index is 0.154. The maximum atomic E-state index is 12.3. The summed E-state index contributed by atoms with van der Waals surface area (Å²) in [4.78, 5) is 13.0. The quantitative estimate of drug-likeness (QED) is 0.467. The maximum Gasteiger partial charge on any atom is 0.280 e. The molecule has 1 aromatic heterocycles. The first kappa shape index (κ1) is 12.3. The molecule has 8 heteroatoms. The zero-order valence-corrected chi connectivity index (χ0v) is 8.41. The monoisotopic (exact) mass is 247 g/mol. The molecule has 0 aromatic carbocycles. The SMILES string of the molecule is N#CCc1c([N+](=O)[O-])cc(C(F)F)nc1Cl. The Morgan fingerprint density at radius 3 is 2.75 bits per heavy atom. The van der Waals surface area contributed by atoms with Gasteiger partial charge in [0, 0.05) is 6.07 Å². The van der Waals surface area contributed by atoms with Crippen molar-refractivity contribution in [2.45, 2.75) is 12.8 Å². The Morgan fingerprint density at radius 1 is 1.69 bits per heavy atom. The third-order valence-electron chi connectivity index (χ3n) is 1.75. The Hall–Kier alpha value is -1.81. The van der Waals surface area contributed by atoms with Crippen LogP contribution in [0.2, 0.25) is 5.15 Å². The van der Waals surface area contributed by atoms with Crippen LogP contribution in [0.15, 0.2) is 6.07 Å². The summed E-state index contributed by atoms with van der Waals surface area (Å²) in [7, 11) is 0. The van der Waals surface area contributed by atoms with Crippen LogP contribution in [0.5, 0.6) is 0 Å². The molecule has 0 atom stereocenters. The fourth-order valence-electron chi connectivity index (χ4n) is 1.06. The van der Waals surface area contributed by atoms with Crippen molar-refractivity contribution in [1.82, 2.24) is 4.98 Å². The van der Waals surface area contributed by atoms with E-state index in [4.69, 9.17) is 16.9 Å². The highest BCUT2D eigenvalue weighted by atomic mass is 35.5. The average Bonchev–Trinajstić information content (AvgIpc) is 2.20. The third-order valence-corrected chi connectivity index (χ3v) is 2.06. The number of pyridine rings is 1. The van der Waals surface area contributed by atoms with Gasteiger partial charge < -0.3 is 0 Å². The molecule has 0 radical (unpaired) electrons. The van der Waals surface area contributed by atoms with Gasteiger partial charge in [-0.25, -0.2) is 13.8 Å². The molecule has 1 aromatic rings. The minimum atomic E-state index is -2.95. The number of aromatic nitrogens is 1. The van der Waals surface area contributed by atoms with Gasteiger partial charge in [0.25, 0.3) is 12.1 Å². The van der Waals surface area contributed by atoms with Crippen LogP contribution in [-0.4, -0.2) is 9.91 Å². The first-order chi connectivity index (χ1) is 7.47. The highest BCUT2D eigenvalue weighted by Gasteiger charge is 2.23. The number of hydrogen-bond acceptors (Lipinski definition) is 4. The van der Waals surface area contributed by atoms with Crippen LogP contribution < -0.4 is 0 Å². The zero-order valence-electron chi connectivity index (χ0n) is 7.65. The van der Waals surface area contributed by atoms with Gasteiger partial charge in [-0.15, -0.1) is 0 Å². The lowest BCUT2D eigenvalue weighted by atomic mass is 10.1. The molecule has 16 heavy (non-hydrogen) atoms. The van der Waals surface area contributed by atoms with Gasteiger partial charge in [-0.05, 0) is 0 Å². The normalized spacial score (nSPS) is 10.2. The van der Waals surface area contributed by atoms with E-state index in [0.717, 1.165) is 0 Å². The number of alkyl halides is 2. The molecule has 1 heterocycles. The maximum absolute atomic E-state index is 12.3. The van der Waals surface area contributed by atoms with Crippen molar-refractivity contribution < 1.29 is 13.7 Å². The van der Waals surface area contributed by atoms with Crippen LogP contribution in [-0.2, 0) is 6.42 Å². The summed E-state index contributed by atoms with van der Waals surface area (Å²) in [5.74, 6) is 0. The Labute approximate surface area is 93.4 Å². The first-order valence-corrected chi connectivity index (χ1v) is 4.34. The molecule has 0 aliphatic rings. The highest BCUT2D eigenvalue weighted by molar-refractivity contribution is 6.30. The molecular weight excluding hydrogens is 244 g/mol. The van der Waals surface area contributed by atoms with Crippen molar-refractivity contribution in [3.63, 3.8) is 0 Å². The van der Waals surface area contributed by atoms with E-state index in [2.05, 4.69) is 4.98 Å². The molecule has 0 fully saturated rings.